The van der Waals surface area contributed by atoms with E-state index in [4.69, 9.17) is 9.40 Å². The molecule has 5 heteroatoms. The third-order valence-electron chi connectivity index (χ3n) is 11.6. The van der Waals surface area contributed by atoms with Crippen LogP contribution in [0.5, 0.6) is 0 Å². The summed E-state index contributed by atoms with van der Waals surface area (Å²) in [5.74, 6) is 0.638. The van der Waals surface area contributed by atoms with Crippen molar-refractivity contribution in [2.75, 3.05) is 5.32 Å². The second-order valence-corrected chi connectivity index (χ2v) is 15.8. The van der Waals surface area contributed by atoms with E-state index in [0.29, 0.717) is 5.89 Å². The molecule has 0 atom stereocenters. The van der Waals surface area contributed by atoms with Crippen LogP contribution in [0, 0.1) is 6.92 Å². The molecule has 0 saturated heterocycles. The second kappa shape index (κ2) is 10.7. The lowest BCUT2D eigenvalue weighted by Gasteiger charge is -2.42. The van der Waals surface area contributed by atoms with Gasteiger partial charge in [-0.25, -0.2) is 4.98 Å². The molecule has 0 amide bonds. The molecule has 0 saturated carbocycles. The highest BCUT2D eigenvalue weighted by Gasteiger charge is 2.37. The first-order valence-corrected chi connectivity index (χ1v) is 18.1. The van der Waals surface area contributed by atoms with Gasteiger partial charge in [-0.05, 0) is 107 Å². The van der Waals surface area contributed by atoms with Gasteiger partial charge in [0.1, 0.15) is 5.52 Å². The molecule has 0 unspecified atom stereocenters. The zero-order chi connectivity index (χ0) is 34.6. The molecule has 0 fully saturated rings. The van der Waals surface area contributed by atoms with E-state index in [-0.39, 0.29) is 10.8 Å². The van der Waals surface area contributed by atoms with Gasteiger partial charge in [0.15, 0.2) is 12.9 Å². The fraction of sp³-hybridized carbons (Fsp3) is 0.196. The van der Waals surface area contributed by atoms with E-state index in [9.17, 15) is 0 Å². The van der Waals surface area contributed by atoms with Crippen molar-refractivity contribution in [3.05, 3.63) is 132 Å². The summed E-state index contributed by atoms with van der Waals surface area (Å²) in [5.41, 5.74) is 17.6. The first-order chi connectivity index (χ1) is 24.7. The highest BCUT2D eigenvalue weighted by molar-refractivity contribution is 6.73. The van der Waals surface area contributed by atoms with Crippen molar-refractivity contribution in [3.8, 4) is 28.3 Å². The average Bonchev–Trinajstić information content (AvgIpc) is 3.72. The Labute approximate surface area is 299 Å². The first kappa shape index (κ1) is 30.3. The van der Waals surface area contributed by atoms with E-state index in [2.05, 4.69) is 137 Å². The molecule has 10 rings (SSSR count). The number of nitrogens with one attached hydrogen (secondary N) is 1. The summed E-state index contributed by atoms with van der Waals surface area (Å²) in [7, 11) is 2.36. The zero-order valence-corrected chi connectivity index (χ0v) is 29.8. The van der Waals surface area contributed by atoms with E-state index in [1.165, 1.54) is 67.9 Å². The number of nitrogens with zero attached hydrogens (tertiary/aromatic N) is 2. The highest BCUT2D eigenvalue weighted by Crippen LogP contribution is 2.47. The molecule has 247 valence electrons. The Hall–Kier alpha value is -5.55. The summed E-state index contributed by atoms with van der Waals surface area (Å²) in [5, 5.41) is 6.43. The molecule has 51 heavy (non-hydrogen) atoms. The number of hydrogen-bond acceptors (Lipinski definition) is 3. The van der Waals surface area contributed by atoms with E-state index in [1.807, 2.05) is 30.3 Å². The maximum atomic E-state index is 6.39. The van der Waals surface area contributed by atoms with Gasteiger partial charge in [0.25, 0.3) is 0 Å². The van der Waals surface area contributed by atoms with Crippen LogP contribution in [0.4, 0.5) is 11.4 Å². The van der Waals surface area contributed by atoms with Crippen LogP contribution in [-0.2, 0) is 10.8 Å². The minimum Gasteiger partial charge on any atom is -0.436 e. The van der Waals surface area contributed by atoms with Crippen LogP contribution in [0.15, 0.2) is 120 Å². The molecular weight excluding hydrogens is 621 g/mol. The molecule has 2 aliphatic rings. The van der Waals surface area contributed by atoms with Crippen LogP contribution in [0.2, 0.25) is 0 Å². The lowest BCUT2D eigenvalue weighted by atomic mass is 9.58. The number of aryl methyl sites for hydroxylation is 1. The van der Waals surface area contributed by atoms with Crippen molar-refractivity contribution in [3.63, 3.8) is 0 Å². The third-order valence-corrected chi connectivity index (χ3v) is 11.6. The van der Waals surface area contributed by atoms with Gasteiger partial charge in [0.05, 0.1) is 5.52 Å². The first-order valence-electron chi connectivity index (χ1n) is 18.1. The highest BCUT2D eigenvalue weighted by atomic mass is 16.3. The lowest BCUT2D eigenvalue weighted by Crippen LogP contribution is -2.37. The van der Waals surface area contributed by atoms with Crippen molar-refractivity contribution in [2.45, 2.75) is 58.3 Å². The maximum absolute atomic E-state index is 6.39. The molecule has 8 aromatic rings. The molecule has 1 radical (unpaired) electrons. The molecule has 2 aromatic heterocycles. The van der Waals surface area contributed by atoms with E-state index >= 15 is 0 Å². The minimum absolute atomic E-state index is 0.140. The number of oxazole rings is 1. The number of benzene rings is 6. The van der Waals surface area contributed by atoms with Gasteiger partial charge < -0.3 is 14.3 Å². The molecule has 1 aliphatic heterocycles. The van der Waals surface area contributed by atoms with Crippen LogP contribution in [0.25, 0.3) is 61.2 Å². The maximum Gasteiger partial charge on any atom is 0.227 e. The molecule has 6 aromatic carbocycles. The minimum atomic E-state index is 0.140. The van der Waals surface area contributed by atoms with Crippen LogP contribution in [-0.4, -0.2) is 16.8 Å². The summed E-state index contributed by atoms with van der Waals surface area (Å²) in [6, 6.07) is 41.5. The van der Waals surface area contributed by atoms with Gasteiger partial charge in [-0.1, -0.05) is 99.9 Å². The summed E-state index contributed by atoms with van der Waals surface area (Å²) < 4.78 is 8.84. The normalized spacial score (nSPS) is 15.5. The Morgan fingerprint density at radius 2 is 1.49 bits per heavy atom. The number of anilines is 2. The Morgan fingerprint density at radius 3 is 2.33 bits per heavy atom. The Bertz CT molecular complexity index is 2710. The standard InChI is InChI=1S/C46H39BN3O/c1-27-23-32(30-15-9-11-17-36(30)48-29-19-20-33-34(24-29)46(4,5)22-21-45(33,2)3)42-43-41(27)31-16-10-12-18-38(31)50(43)39-26-37-40(25-35(39)47-42)51-44(49-37)28-13-7-6-8-14-28/h6-20,23-26,48H,21-22H2,1-5H3. The largest absolute Gasteiger partial charge is 0.436 e. The monoisotopic (exact) mass is 660 g/mol. The van der Waals surface area contributed by atoms with Crippen molar-refractivity contribution >= 4 is 62.5 Å². The van der Waals surface area contributed by atoms with Crippen molar-refractivity contribution in [2.24, 2.45) is 0 Å². The number of hydrogen-bond donors (Lipinski definition) is 1. The van der Waals surface area contributed by atoms with Gasteiger partial charge in [-0.15, -0.1) is 0 Å². The smallest absolute Gasteiger partial charge is 0.227 e. The third kappa shape index (κ3) is 4.57. The molecule has 4 nitrogen and oxygen atoms in total. The Morgan fingerprint density at radius 1 is 0.745 bits per heavy atom. The molecule has 0 spiro atoms. The summed E-state index contributed by atoms with van der Waals surface area (Å²) in [6.07, 6.45) is 2.40. The summed E-state index contributed by atoms with van der Waals surface area (Å²) in [6.45, 7) is 11.8. The van der Waals surface area contributed by atoms with Gasteiger partial charge in [-0.3, -0.25) is 0 Å². The molecule has 1 N–H and O–H groups in total. The number of rotatable bonds is 4. The molecule has 1 aliphatic carbocycles. The lowest BCUT2D eigenvalue weighted by molar-refractivity contribution is 0.332. The fourth-order valence-corrected chi connectivity index (χ4v) is 8.80. The Kier molecular flexibility index (Phi) is 6.37. The van der Waals surface area contributed by atoms with Gasteiger partial charge in [0.2, 0.25) is 5.89 Å². The predicted molar refractivity (Wildman–Crippen MR) is 214 cm³/mol. The Balaban J connectivity index is 1.16. The van der Waals surface area contributed by atoms with Crippen LogP contribution in [0.1, 0.15) is 57.2 Å². The number of aromatic nitrogens is 2. The van der Waals surface area contributed by atoms with E-state index in [1.54, 1.807) is 0 Å². The van der Waals surface area contributed by atoms with Crippen LogP contribution < -0.4 is 16.2 Å². The topological polar surface area (TPSA) is 43.0 Å². The number of fused-ring (bicyclic) bond motifs is 7. The van der Waals surface area contributed by atoms with Gasteiger partial charge in [0, 0.05) is 44.5 Å². The fourth-order valence-electron chi connectivity index (χ4n) is 8.80. The number of para-hydroxylation sites is 2. The molecule has 3 heterocycles. The van der Waals surface area contributed by atoms with Gasteiger partial charge in [-0.2, -0.15) is 0 Å². The van der Waals surface area contributed by atoms with Crippen molar-refractivity contribution in [1.29, 1.82) is 0 Å². The average molecular weight is 661 g/mol. The SMILES string of the molecule is Cc1cc(-c2ccccc2Nc2ccc3c(c2)C(C)(C)CCC3(C)C)c2c3c1c1ccccc1n3-c1cc3nc(-c4ccccc4)oc3cc1[B]2. The van der Waals surface area contributed by atoms with Crippen molar-refractivity contribution in [1.82, 2.24) is 9.55 Å². The van der Waals surface area contributed by atoms with Crippen LogP contribution >= 0.6 is 0 Å². The second-order valence-electron chi connectivity index (χ2n) is 15.8. The predicted octanol–water partition coefficient (Wildman–Crippen LogP) is 10.6. The van der Waals surface area contributed by atoms with Crippen LogP contribution in [0.3, 0.4) is 0 Å². The summed E-state index contributed by atoms with van der Waals surface area (Å²) in [4.78, 5) is 4.95. The quantitative estimate of drug-likeness (QED) is 0.191. The van der Waals surface area contributed by atoms with E-state index < -0.39 is 0 Å². The van der Waals surface area contributed by atoms with Gasteiger partial charge >= 0.3 is 0 Å². The van der Waals surface area contributed by atoms with E-state index in [0.717, 1.165) is 39.2 Å². The molecule has 0 bridgehead atoms. The zero-order valence-electron chi connectivity index (χ0n) is 29.8. The molecular formula is C46H39BN3O. The van der Waals surface area contributed by atoms with Crippen molar-refractivity contribution < 1.29 is 4.42 Å². The summed E-state index contributed by atoms with van der Waals surface area (Å²) >= 11 is 0.